The van der Waals surface area contributed by atoms with Gasteiger partial charge in [-0.2, -0.15) is 0 Å². The van der Waals surface area contributed by atoms with E-state index in [1.54, 1.807) is 0 Å². The lowest BCUT2D eigenvalue weighted by molar-refractivity contribution is -0.0907. The number of hydrogen-bond acceptors (Lipinski definition) is 7. The molecule has 0 radical (unpaired) electrons. The Morgan fingerprint density at radius 3 is 2.67 bits per heavy atom. The number of aromatic carboxylic acids is 1. The highest BCUT2D eigenvalue weighted by Gasteiger charge is 2.54. The fourth-order valence-electron chi connectivity index (χ4n) is 1.90. The molecule has 0 amide bonds. The van der Waals surface area contributed by atoms with Gasteiger partial charge in [0.1, 0.15) is 18.3 Å². The van der Waals surface area contributed by atoms with E-state index in [0.717, 1.165) is 0 Å². The molecule has 18 heavy (non-hydrogen) atoms. The Hall–Kier alpha value is -1.55. The van der Waals surface area contributed by atoms with E-state index < -0.39 is 42.3 Å². The van der Waals surface area contributed by atoms with Gasteiger partial charge in [0.05, 0.1) is 6.61 Å². The van der Waals surface area contributed by atoms with Crippen molar-refractivity contribution in [2.75, 3.05) is 6.61 Å². The van der Waals surface area contributed by atoms with Crippen LogP contribution in [0.25, 0.3) is 0 Å². The molecule has 9 nitrogen and oxygen atoms in total. The van der Waals surface area contributed by atoms with Gasteiger partial charge in [-0.25, -0.2) is 9.78 Å². The smallest absolute Gasteiger partial charge is 0.375 e. The third-order valence-electron chi connectivity index (χ3n) is 2.99. The van der Waals surface area contributed by atoms with Gasteiger partial charge in [-0.1, -0.05) is 0 Å². The van der Waals surface area contributed by atoms with Crippen molar-refractivity contribution in [2.24, 2.45) is 0 Å². The molecule has 1 saturated heterocycles. The number of aromatic nitrogens is 3. The van der Waals surface area contributed by atoms with E-state index in [1.807, 2.05) is 0 Å². The number of aliphatic hydroxyl groups excluding tert-OH is 3. The molecular weight excluding hydrogens is 246 g/mol. The Bertz CT molecular complexity index is 463. The first-order valence-corrected chi connectivity index (χ1v) is 5.21. The molecule has 0 aromatic carbocycles. The second-order valence-electron chi connectivity index (χ2n) is 4.19. The number of nitrogens with zero attached hydrogens (tertiary/aromatic N) is 2. The summed E-state index contributed by atoms with van der Waals surface area (Å²) in [5.74, 6) is -1.82. The van der Waals surface area contributed by atoms with Crippen LogP contribution in [0.2, 0.25) is 0 Å². The van der Waals surface area contributed by atoms with Gasteiger partial charge >= 0.3 is 5.97 Å². The van der Waals surface area contributed by atoms with Crippen LogP contribution in [0.4, 0.5) is 0 Å². The number of nitrogens with one attached hydrogen (secondary N) is 1. The van der Waals surface area contributed by atoms with Gasteiger partial charge in [-0.15, -0.1) is 5.10 Å². The van der Waals surface area contributed by atoms with Crippen molar-refractivity contribution >= 4 is 5.97 Å². The molecule has 9 heteroatoms. The molecule has 1 aliphatic rings. The highest BCUT2D eigenvalue weighted by Crippen LogP contribution is 2.37. The molecule has 2 rings (SSSR count). The summed E-state index contributed by atoms with van der Waals surface area (Å²) in [6.07, 6.45) is -3.62. The predicted molar refractivity (Wildman–Crippen MR) is 54.7 cm³/mol. The van der Waals surface area contributed by atoms with Gasteiger partial charge in [0, 0.05) is 0 Å². The molecule has 4 atom stereocenters. The Kier molecular flexibility index (Phi) is 3.07. The maximum Gasteiger partial charge on any atom is 0.375 e. The van der Waals surface area contributed by atoms with Gasteiger partial charge in [-0.05, 0) is 6.92 Å². The molecular formula is C9H13N3O6. The van der Waals surface area contributed by atoms with Crippen molar-refractivity contribution in [2.45, 2.75) is 30.8 Å². The summed E-state index contributed by atoms with van der Waals surface area (Å²) >= 11 is 0. The average molecular weight is 259 g/mol. The van der Waals surface area contributed by atoms with Crippen LogP contribution in [0.1, 0.15) is 23.4 Å². The highest BCUT2D eigenvalue weighted by molar-refractivity contribution is 5.82. The molecule has 0 unspecified atom stereocenters. The zero-order chi connectivity index (χ0) is 13.5. The lowest BCUT2D eigenvalue weighted by Crippen LogP contribution is -2.39. The normalized spacial score (nSPS) is 35.9. The number of aliphatic hydroxyl groups is 3. The number of H-pyrrole nitrogens is 1. The van der Waals surface area contributed by atoms with Gasteiger partial charge in [0.2, 0.25) is 0 Å². The number of carboxylic acid groups (broad SMARTS) is 1. The molecule has 5 N–H and O–H groups in total. The molecule has 0 saturated carbocycles. The molecule has 100 valence electrons. The third-order valence-corrected chi connectivity index (χ3v) is 2.99. The Balaban J connectivity index is 2.33. The molecule has 2 heterocycles. The van der Waals surface area contributed by atoms with E-state index in [2.05, 4.69) is 15.2 Å². The van der Waals surface area contributed by atoms with Crippen molar-refractivity contribution < 1.29 is 30.0 Å². The number of rotatable bonds is 3. The minimum atomic E-state index is -1.45. The molecule has 1 aromatic heterocycles. The minimum absolute atomic E-state index is 0.0256. The first-order valence-electron chi connectivity index (χ1n) is 5.21. The summed E-state index contributed by atoms with van der Waals surface area (Å²) in [6.45, 7) is 0.941. The van der Waals surface area contributed by atoms with E-state index in [-0.39, 0.29) is 5.82 Å². The molecule has 1 aliphatic heterocycles. The number of hydrogen-bond donors (Lipinski definition) is 5. The average Bonchev–Trinajstić information content (AvgIpc) is 2.90. The fourth-order valence-corrected chi connectivity index (χ4v) is 1.90. The molecule has 1 fully saturated rings. The lowest BCUT2D eigenvalue weighted by Gasteiger charge is -2.24. The first-order chi connectivity index (χ1) is 8.40. The molecule has 1 aromatic rings. The summed E-state index contributed by atoms with van der Waals surface area (Å²) < 4.78 is 5.33. The number of carbonyl (C=O) groups is 1. The topological polar surface area (TPSA) is 149 Å². The summed E-state index contributed by atoms with van der Waals surface area (Å²) in [5.41, 5.74) is -1.45. The Morgan fingerprint density at radius 2 is 2.22 bits per heavy atom. The third kappa shape index (κ3) is 1.77. The predicted octanol–water partition coefficient (Wildman–Crippen LogP) is -2.17. The van der Waals surface area contributed by atoms with Crippen molar-refractivity contribution in [1.82, 2.24) is 15.2 Å². The maximum absolute atomic E-state index is 10.7. The monoisotopic (exact) mass is 259 g/mol. The van der Waals surface area contributed by atoms with Gasteiger partial charge in [0.15, 0.2) is 11.4 Å². The standard InChI is InChI=1S/C9H13N3O6/c1-9(5(15)4(14)3(2-13)18-9)8-10-6(7(16)17)11-12-8/h3-5,13-15H,2H2,1H3,(H,16,17)(H,10,11,12)/t3-,4-,5-,9-/m1/s1. The largest absolute Gasteiger partial charge is 0.475 e. The highest BCUT2D eigenvalue weighted by atomic mass is 16.6. The summed E-state index contributed by atoms with van der Waals surface area (Å²) in [6, 6.07) is 0. The summed E-state index contributed by atoms with van der Waals surface area (Å²) in [5, 5.41) is 43.0. The van der Waals surface area contributed by atoms with Crippen molar-refractivity contribution in [1.29, 1.82) is 0 Å². The fraction of sp³-hybridized carbons (Fsp3) is 0.667. The zero-order valence-electron chi connectivity index (χ0n) is 9.44. The van der Waals surface area contributed by atoms with Gasteiger partial charge in [0.25, 0.3) is 5.82 Å². The lowest BCUT2D eigenvalue weighted by atomic mass is 9.96. The second kappa shape index (κ2) is 4.28. The van der Waals surface area contributed by atoms with E-state index in [1.165, 1.54) is 6.92 Å². The van der Waals surface area contributed by atoms with Crippen LogP contribution < -0.4 is 0 Å². The van der Waals surface area contributed by atoms with Crippen LogP contribution in [-0.2, 0) is 10.3 Å². The van der Waals surface area contributed by atoms with Gasteiger partial charge in [-0.3, -0.25) is 5.10 Å². The van der Waals surface area contributed by atoms with E-state index in [0.29, 0.717) is 0 Å². The quantitative estimate of drug-likeness (QED) is 0.411. The maximum atomic E-state index is 10.7. The van der Waals surface area contributed by atoms with Gasteiger partial charge < -0.3 is 25.2 Å². The molecule has 0 aliphatic carbocycles. The second-order valence-corrected chi connectivity index (χ2v) is 4.19. The van der Waals surface area contributed by atoms with Crippen molar-refractivity contribution in [3.63, 3.8) is 0 Å². The SMILES string of the molecule is C[C@@]1(c2nc(C(=O)O)n[nH]2)O[C@H](CO)[C@@H](O)[C@H]1O. The van der Waals surface area contributed by atoms with E-state index in [9.17, 15) is 15.0 Å². The van der Waals surface area contributed by atoms with Crippen LogP contribution >= 0.6 is 0 Å². The summed E-state index contributed by atoms with van der Waals surface area (Å²) in [7, 11) is 0. The number of carboxylic acids is 1. The molecule has 0 bridgehead atoms. The minimum Gasteiger partial charge on any atom is -0.475 e. The van der Waals surface area contributed by atoms with Crippen LogP contribution in [0.15, 0.2) is 0 Å². The van der Waals surface area contributed by atoms with Crippen LogP contribution in [0.5, 0.6) is 0 Å². The summed E-state index contributed by atoms with van der Waals surface area (Å²) in [4.78, 5) is 14.3. The van der Waals surface area contributed by atoms with Crippen LogP contribution in [0.3, 0.4) is 0 Å². The Labute approximate surface area is 101 Å². The van der Waals surface area contributed by atoms with Crippen LogP contribution in [0, 0.1) is 0 Å². The van der Waals surface area contributed by atoms with E-state index >= 15 is 0 Å². The first kappa shape index (κ1) is 12.9. The zero-order valence-corrected chi connectivity index (χ0v) is 9.44. The van der Waals surface area contributed by atoms with Crippen molar-refractivity contribution in [3.05, 3.63) is 11.6 Å². The Morgan fingerprint density at radius 1 is 1.56 bits per heavy atom. The molecule has 0 spiro atoms. The van der Waals surface area contributed by atoms with Crippen molar-refractivity contribution in [3.8, 4) is 0 Å². The van der Waals surface area contributed by atoms with E-state index in [4.69, 9.17) is 14.9 Å². The number of aromatic amines is 1. The van der Waals surface area contributed by atoms with Crippen LogP contribution in [-0.4, -0.2) is 66.5 Å². The number of ether oxygens (including phenoxy) is 1.